The summed E-state index contributed by atoms with van der Waals surface area (Å²) in [4.78, 5) is 31.6. The molecule has 1 aromatic heterocycles. The van der Waals surface area contributed by atoms with Crippen LogP contribution in [0.4, 0.5) is 0 Å². The summed E-state index contributed by atoms with van der Waals surface area (Å²) in [7, 11) is 1.57. The normalized spacial score (nSPS) is 15.9. The Morgan fingerprint density at radius 1 is 1.16 bits per heavy atom. The van der Waals surface area contributed by atoms with Crippen LogP contribution in [0.3, 0.4) is 0 Å². The molecule has 0 radical (unpaired) electrons. The van der Waals surface area contributed by atoms with Gasteiger partial charge in [-0.2, -0.15) is 0 Å². The summed E-state index contributed by atoms with van der Waals surface area (Å²) in [5.74, 6) is 0.0968. The van der Waals surface area contributed by atoms with Crippen molar-refractivity contribution >= 4 is 23.4 Å². The molecule has 32 heavy (non-hydrogen) atoms. The average Bonchev–Trinajstić information content (AvgIpc) is 3.09. The molecule has 164 valence electrons. The second kappa shape index (κ2) is 8.96. The minimum absolute atomic E-state index is 0.209. The molecule has 0 unspecified atom stereocenters. The predicted octanol–water partition coefficient (Wildman–Crippen LogP) is 3.12. The molecule has 1 aliphatic rings. The largest absolute Gasteiger partial charge is 0.496 e. The molecule has 6 nitrogen and oxygen atoms in total. The van der Waals surface area contributed by atoms with E-state index in [1.807, 2.05) is 61.5 Å². The van der Waals surface area contributed by atoms with E-state index in [-0.39, 0.29) is 12.2 Å². The Kier molecular flexibility index (Phi) is 6.10. The molecule has 2 heterocycles. The fourth-order valence-electron chi connectivity index (χ4n) is 3.79. The van der Waals surface area contributed by atoms with Crippen molar-refractivity contribution in [2.24, 2.45) is 4.99 Å². The maximum Gasteiger partial charge on any atom is 0.338 e. The molecule has 7 heteroatoms. The second-order valence-electron chi connectivity index (χ2n) is 7.45. The van der Waals surface area contributed by atoms with E-state index in [2.05, 4.69) is 4.99 Å². The molecule has 1 atom stereocenters. The third-order valence-electron chi connectivity index (χ3n) is 5.33. The average molecular weight is 449 g/mol. The van der Waals surface area contributed by atoms with Crippen LogP contribution in [-0.2, 0) is 9.53 Å². The van der Waals surface area contributed by atoms with Gasteiger partial charge >= 0.3 is 5.97 Å². The maximum atomic E-state index is 13.6. The zero-order valence-electron chi connectivity index (χ0n) is 18.4. The minimum atomic E-state index is -0.693. The van der Waals surface area contributed by atoms with Gasteiger partial charge < -0.3 is 9.47 Å². The molecule has 0 bridgehead atoms. The zero-order chi connectivity index (χ0) is 22.8. The van der Waals surface area contributed by atoms with Crippen LogP contribution >= 0.6 is 11.3 Å². The van der Waals surface area contributed by atoms with Gasteiger partial charge in [0, 0.05) is 5.56 Å². The van der Waals surface area contributed by atoms with Crippen LogP contribution in [-0.4, -0.2) is 24.3 Å². The Balaban J connectivity index is 1.98. The highest BCUT2D eigenvalue weighted by Gasteiger charge is 2.34. The van der Waals surface area contributed by atoms with Crippen molar-refractivity contribution in [1.82, 2.24) is 4.57 Å². The number of rotatable bonds is 5. The molecule has 0 amide bonds. The second-order valence-corrected chi connectivity index (χ2v) is 8.46. The molecule has 0 saturated carbocycles. The van der Waals surface area contributed by atoms with Crippen LogP contribution < -0.4 is 19.6 Å². The lowest BCUT2D eigenvalue weighted by Crippen LogP contribution is -2.40. The predicted molar refractivity (Wildman–Crippen MR) is 125 cm³/mol. The van der Waals surface area contributed by atoms with E-state index in [1.165, 1.54) is 11.3 Å². The van der Waals surface area contributed by atoms with Crippen LogP contribution in [0.1, 0.15) is 36.6 Å². The summed E-state index contributed by atoms with van der Waals surface area (Å²) in [6.45, 7) is 5.77. The molecule has 0 fully saturated rings. The maximum absolute atomic E-state index is 13.6. The lowest BCUT2D eigenvalue weighted by molar-refractivity contribution is -0.139. The standard InChI is InChI=1S/C25H24N2O4S/c1-5-31-24(29)21-16(3)26-25-27(22(21)18-8-6-7-9-19(18)30-4)23(28)20(32-25)14-17-12-10-15(2)11-13-17/h6-14,22H,5H2,1-4H3/b20-14+/t22-/m1/s1. The highest BCUT2D eigenvalue weighted by Crippen LogP contribution is 2.35. The van der Waals surface area contributed by atoms with Gasteiger partial charge in [0.2, 0.25) is 0 Å². The lowest BCUT2D eigenvalue weighted by atomic mass is 9.95. The lowest BCUT2D eigenvalue weighted by Gasteiger charge is -2.25. The van der Waals surface area contributed by atoms with Gasteiger partial charge in [0.25, 0.3) is 5.56 Å². The van der Waals surface area contributed by atoms with Crippen molar-refractivity contribution in [3.05, 3.63) is 96.2 Å². The topological polar surface area (TPSA) is 69.9 Å². The summed E-state index contributed by atoms with van der Waals surface area (Å²) in [5.41, 5.74) is 3.44. The van der Waals surface area contributed by atoms with Gasteiger partial charge in [0.05, 0.1) is 29.5 Å². The van der Waals surface area contributed by atoms with Crippen molar-refractivity contribution in [3.8, 4) is 5.75 Å². The van der Waals surface area contributed by atoms with Gasteiger partial charge in [-0.05, 0) is 38.5 Å². The van der Waals surface area contributed by atoms with E-state index in [1.54, 1.807) is 25.5 Å². The fraction of sp³-hybridized carbons (Fsp3) is 0.240. The number of benzene rings is 2. The first kappa shape index (κ1) is 21.8. The number of methoxy groups -OCH3 is 1. The molecule has 2 aromatic carbocycles. The van der Waals surface area contributed by atoms with E-state index in [9.17, 15) is 9.59 Å². The number of hydrogen-bond donors (Lipinski definition) is 0. The first-order chi connectivity index (χ1) is 15.4. The number of allylic oxidation sites excluding steroid dienone is 1. The van der Waals surface area contributed by atoms with Crippen molar-refractivity contribution < 1.29 is 14.3 Å². The van der Waals surface area contributed by atoms with E-state index in [0.29, 0.717) is 31.9 Å². The molecule has 0 N–H and O–H groups in total. The minimum Gasteiger partial charge on any atom is -0.496 e. The molecule has 4 rings (SSSR count). The van der Waals surface area contributed by atoms with E-state index < -0.39 is 12.0 Å². The fourth-order valence-corrected chi connectivity index (χ4v) is 4.84. The van der Waals surface area contributed by atoms with Crippen molar-refractivity contribution in [1.29, 1.82) is 0 Å². The quantitative estimate of drug-likeness (QED) is 0.563. The molecular formula is C25H24N2O4S. The third kappa shape index (κ3) is 3.91. The van der Waals surface area contributed by atoms with E-state index >= 15 is 0 Å². The number of ether oxygens (including phenoxy) is 2. The van der Waals surface area contributed by atoms with Crippen molar-refractivity contribution in [2.75, 3.05) is 13.7 Å². The summed E-state index contributed by atoms with van der Waals surface area (Å²) < 4.78 is 13.0. The summed E-state index contributed by atoms with van der Waals surface area (Å²) in [6.07, 6.45) is 1.85. The molecule has 0 spiro atoms. The van der Waals surface area contributed by atoms with Crippen LogP contribution in [0.15, 0.2) is 69.6 Å². The molecule has 0 saturated heterocycles. The van der Waals surface area contributed by atoms with E-state index in [0.717, 1.165) is 11.1 Å². The Morgan fingerprint density at radius 2 is 1.88 bits per heavy atom. The Labute approximate surface area is 189 Å². The SMILES string of the molecule is CCOC(=O)C1=C(C)N=c2s/c(=C/c3ccc(C)cc3)c(=O)n2[C@@H]1c1ccccc1OC. The Bertz CT molecular complexity index is 1380. The van der Waals surface area contributed by atoms with Crippen LogP contribution in [0.2, 0.25) is 0 Å². The number of hydrogen-bond acceptors (Lipinski definition) is 6. The number of thiazole rings is 1. The van der Waals surface area contributed by atoms with Crippen molar-refractivity contribution in [3.63, 3.8) is 0 Å². The van der Waals surface area contributed by atoms with Gasteiger partial charge in [-0.3, -0.25) is 9.36 Å². The monoisotopic (exact) mass is 448 g/mol. The van der Waals surface area contributed by atoms with Crippen LogP contribution in [0.5, 0.6) is 5.75 Å². The number of para-hydroxylation sites is 1. The Hall–Kier alpha value is -3.45. The zero-order valence-corrected chi connectivity index (χ0v) is 19.2. The molecule has 0 aliphatic carbocycles. The number of esters is 1. The molecule has 3 aromatic rings. The van der Waals surface area contributed by atoms with Crippen molar-refractivity contribution in [2.45, 2.75) is 26.8 Å². The smallest absolute Gasteiger partial charge is 0.338 e. The third-order valence-corrected chi connectivity index (χ3v) is 6.31. The van der Waals surface area contributed by atoms with Gasteiger partial charge in [0.1, 0.15) is 11.8 Å². The van der Waals surface area contributed by atoms with Gasteiger partial charge in [-0.25, -0.2) is 9.79 Å². The van der Waals surface area contributed by atoms with Crippen LogP contribution in [0, 0.1) is 6.92 Å². The number of aryl methyl sites for hydroxylation is 1. The Morgan fingerprint density at radius 3 is 2.56 bits per heavy atom. The van der Waals surface area contributed by atoms with Gasteiger partial charge in [0.15, 0.2) is 4.80 Å². The highest BCUT2D eigenvalue weighted by molar-refractivity contribution is 7.07. The number of aromatic nitrogens is 1. The number of fused-ring (bicyclic) bond motifs is 1. The van der Waals surface area contributed by atoms with Gasteiger partial charge in [-0.15, -0.1) is 0 Å². The van der Waals surface area contributed by atoms with Crippen LogP contribution in [0.25, 0.3) is 6.08 Å². The summed E-state index contributed by atoms with van der Waals surface area (Å²) >= 11 is 1.30. The molecule has 1 aliphatic heterocycles. The molecular weight excluding hydrogens is 424 g/mol. The number of nitrogens with zero attached hydrogens (tertiary/aromatic N) is 2. The highest BCUT2D eigenvalue weighted by atomic mass is 32.1. The van der Waals surface area contributed by atoms with E-state index in [4.69, 9.17) is 9.47 Å². The first-order valence-electron chi connectivity index (χ1n) is 10.3. The van der Waals surface area contributed by atoms with Gasteiger partial charge in [-0.1, -0.05) is 59.4 Å². The number of carbonyl (C=O) groups excluding carboxylic acids is 1. The first-order valence-corrected chi connectivity index (χ1v) is 11.2. The number of carbonyl (C=O) groups is 1. The summed E-state index contributed by atoms with van der Waals surface area (Å²) in [6, 6.07) is 14.6. The summed E-state index contributed by atoms with van der Waals surface area (Å²) in [5, 5.41) is 0.